The molecule has 1 aromatic carbocycles. The van der Waals surface area contributed by atoms with Gasteiger partial charge in [0.1, 0.15) is 0 Å². The van der Waals surface area contributed by atoms with Crippen molar-refractivity contribution in [2.24, 2.45) is 0 Å². The van der Waals surface area contributed by atoms with Crippen LogP contribution in [0.25, 0.3) is 10.9 Å². The lowest BCUT2D eigenvalue weighted by Gasteiger charge is -2.10. The summed E-state index contributed by atoms with van der Waals surface area (Å²) in [6.07, 6.45) is -3.81. The van der Waals surface area contributed by atoms with E-state index in [1.54, 1.807) is 18.2 Å². The number of nitriles is 1. The first-order valence-corrected chi connectivity index (χ1v) is 5.35. The van der Waals surface area contributed by atoms with Gasteiger partial charge in [0.15, 0.2) is 0 Å². The molecule has 0 amide bonds. The number of aromatic nitrogens is 1. The molecule has 0 radical (unpaired) electrons. The Kier molecular flexibility index (Phi) is 3.19. The number of hydrogen-bond donors (Lipinski definition) is 0. The lowest BCUT2D eigenvalue weighted by atomic mass is 10.1. The van der Waals surface area contributed by atoms with Crippen LogP contribution in [0.1, 0.15) is 17.7 Å². The van der Waals surface area contributed by atoms with E-state index in [-0.39, 0.29) is 11.9 Å². The van der Waals surface area contributed by atoms with Gasteiger partial charge < -0.3 is 0 Å². The second kappa shape index (κ2) is 4.65. The minimum atomic E-state index is -4.42. The number of pyridine rings is 1. The number of alkyl halides is 3. The third-order valence-electron chi connectivity index (χ3n) is 2.58. The molecular weight excluding hydrogens is 241 g/mol. The molecule has 0 saturated heterocycles. The van der Waals surface area contributed by atoms with Crippen molar-refractivity contribution >= 4 is 10.9 Å². The van der Waals surface area contributed by atoms with E-state index in [9.17, 15) is 13.2 Å². The summed E-state index contributed by atoms with van der Waals surface area (Å²) in [4.78, 5) is 4.01. The number of fused-ring (bicyclic) bond motifs is 1. The Hall–Kier alpha value is -2.09. The number of halogens is 3. The van der Waals surface area contributed by atoms with Crippen LogP contribution in [0, 0.1) is 11.3 Å². The SMILES string of the molecule is N#CCCc1ccc2cccc(C(F)(F)F)c2n1. The molecule has 0 bridgehead atoms. The number of aryl methyl sites for hydroxylation is 1. The molecule has 0 saturated carbocycles. The molecule has 0 N–H and O–H groups in total. The maximum atomic E-state index is 12.8. The van der Waals surface area contributed by atoms with Crippen LogP contribution in [0.3, 0.4) is 0 Å². The first kappa shape index (κ1) is 12.4. The van der Waals surface area contributed by atoms with Gasteiger partial charge in [-0.25, -0.2) is 0 Å². The molecule has 0 aliphatic carbocycles. The molecule has 0 aliphatic heterocycles. The first-order valence-electron chi connectivity index (χ1n) is 5.35. The Morgan fingerprint density at radius 1 is 1.17 bits per heavy atom. The average Bonchev–Trinajstić information content (AvgIpc) is 2.34. The molecular formula is C13H9F3N2. The molecule has 0 aliphatic rings. The van der Waals surface area contributed by atoms with Crippen LogP contribution >= 0.6 is 0 Å². The number of para-hydroxylation sites is 1. The second-order valence-electron chi connectivity index (χ2n) is 3.84. The van der Waals surface area contributed by atoms with Gasteiger partial charge in [-0.3, -0.25) is 4.98 Å². The van der Waals surface area contributed by atoms with Gasteiger partial charge in [0.2, 0.25) is 0 Å². The van der Waals surface area contributed by atoms with Gasteiger partial charge >= 0.3 is 6.18 Å². The van der Waals surface area contributed by atoms with E-state index < -0.39 is 11.7 Å². The normalized spacial score (nSPS) is 11.4. The third-order valence-corrected chi connectivity index (χ3v) is 2.58. The smallest absolute Gasteiger partial charge is 0.252 e. The zero-order chi connectivity index (χ0) is 13.2. The summed E-state index contributed by atoms with van der Waals surface area (Å²) in [6, 6.07) is 9.17. The molecule has 1 heterocycles. The van der Waals surface area contributed by atoms with Crippen molar-refractivity contribution < 1.29 is 13.2 Å². The lowest BCUT2D eigenvalue weighted by Crippen LogP contribution is -2.07. The molecule has 1 aromatic heterocycles. The number of hydrogen-bond acceptors (Lipinski definition) is 2. The molecule has 2 nitrogen and oxygen atoms in total. The predicted molar refractivity (Wildman–Crippen MR) is 60.7 cm³/mol. The third kappa shape index (κ3) is 2.43. The largest absolute Gasteiger partial charge is 0.418 e. The fraction of sp³-hybridized carbons (Fsp3) is 0.231. The van der Waals surface area contributed by atoms with Crippen LogP contribution in [0.2, 0.25) is 0 Å². The summed E-state index contributed by atoms with van der Waals surface area (Å²) >= 11 is 0. The van der Waals surface area contributed by atoms with E-state index in [0.29, 0.717) is 17.5 Å². The van der Waals surface area contributed by atoms with Crippen LogP contribution < -0.4 is 0 Å². The Morgan fingerprint density at radius 3 is 2.61 bits per heavy atom. The topological polar surface area (TPSA) is 36.7 Å². The molecule has 5 heteroatoms. The van der Waals surface area contributed by atoms with Gasteiger partial charge in [-0.1, -0.05) is 18.2 Å². The molecule has 0 spiro atoms. The van der Waals surface area contributed by atoms with Gasteiger partial charge in [0, 0.05) is 23.9 Å². The highest BCUT2D eigenvalue weighted by molar-refractivity contribution is 5.82. The minimum absolute atomic E-state index is 0.0551. The van der Waals surface area contributed by atoms with Crippen LogP contribution in [0.5, 0.6) is 0 Å². The van der Waals surface area contributed by atoms with E-state index in [1.807, 2.05) is 6.07 Å². The zero-order valence-electron chi connectivity index (χ0n) is 9.33. The molecule has 2 aromatic rings. The Balaban J connectivity index is 2.56. The highest BCUT2D eigenvalue weighted by Gasteiger charge is 2.33. The molecule has 0 unspecified atom stereocenters. The van der Waals surface area contributed by atoms with Crippen molar-refractivity contribution in [2.75, 3.05) is 0 Å². The molecule has 18 heavy (non-hydrogen) atoms. The lowest BCUT2D eigenvalue weighted by molar-refractivity contribution is -0.136. The van der Waals surface area contributed by atoms with E-state index in [0.717, 1.165) is 6.07 Å². The van der Waals surface area contributed by atoms with Crippen molar-refractivity contribution in [3.8, 4) is 6.07 Å². The summed E-state index contributed by atoms with van der Waals surface area (Å²) in [5.41, 5.74) is -0.292. The van der Waals surface area contributed by atoms with Crippen LogP contribution in [0.4, 0.5) is 13.2 Å². The van der Waals surface area contributed by atoms with Gasteiger partial charge in [-0.05, 0) is 12.1 Å². The molecule has 2 rings (SSSR count). The summed E-state index contributed by atoms with van der Waals surface area (Å²) in [6.45, 7) is 0. The standard InChI is InChI=1S/C13H9F3N2/c14-13(15,16)11-5-1-3-9-6-7-10(4-2-8-17)18-12(9)11/h1,3,5-7H,2,4H2. The summed E-state index contributed by atoms with van der Waals surface area (Å²) in [7, 11) is 0. The highest BCUT2D eigenvalue weighted by atomic mass is 19.4. The van der Waals surface area contributed by atoms with Gasteiger partial charge in [-0.2, -0.15) is 18.4 Å². The maximum absolute atomic E-state index is 12.8. The number of nitrogens with zero attached hydrogens (tertiary/aromatic N) is 2. The summed E-state index contributed by atoms with van der Waals surface area (Å²) < 4.78 is 38.4. The quantitative estimate of drug-likeness (QED) is 0.814. The monoisotopic (exact) mass is 250 g/mol. The highest BCUT2D eigenvalue weighted by Crippen LogP contribution is 2.33. The Bertz CT molecular complexity index is 612. The van der Waals surface area contributed by atoms with Crippen molar-refractivity contribution in [2.45, 2.75) is 19.0 Å². The van der Waals surface area contributed by atoms with Gasteiger partial charge in [-0.15, -0.1) is 0 Å². The van der Waals surface area contributed by atoms with E-state index in [2.05, 4.69) is 4.98 Å². The van der Waals surface area contributed by atoms with E-state index in [4.69, 9.17) is 5.26 Å². The van der Waals surface area contributed by atoms with E-state index >= 15 is 0 Å². The Labute approximate surface area is 102 Å². The van der Waals surface area contributed by atoms with Crippen molar-refractivity contribution in [1.82, 2.24) is 4.98 Å². The van der Waals surface area contributed by atoms with E-state index in [1.165, 1.54) is 6.07 Å². The fourth-order valence-corrected chi connectivity index (χ4v) is 1.74. The van der Waals surface area contributed by atoms with Crippen molar-refractivity contribution in [3.05, 3.63) is 41.6 Å². The fourth-order valence-electron chi connectivity index (χ4n) is 1.74. The zero-order valence-corrected chi connectivity index (χ0v) is 9.33. The first-order chi connectivity index (χ1) is 8.52. The maximum Gasteiger partial charge on any atom is 0.418 e. The van der Waals surface area contributed by atoms with Crippen molar-refractivity contribution in [1.29, 1.82) is 5.26 Å². The minimum Gasteiger partial charge on any atom is -0.252 e. The number of rotatable bonds is 2. The second-order valence-corrected chi connectivity index (χ2v) is 3.84. The molecule has 92 valence electrons. The molecule has 0 atom stereocenters. The van der Waals surface area contributed by atoms with Crippen LogP contribution in [-0.2, 0) is 12.6 Å². The van der Waals surface area contributed by atoms with Crippen LogP contribution in [-0.4, -0.2) is 4.98 Å². The number of benzene rings is 1. The molecule has 0 fully saturated rings. The summed E-state index contributed by atoms with van der Waals surface area (Å²) in [5.74, 6) is 0. The average molecular weight is 250 g/mol. The van der Waals surface area contributed by atoms with Crippen LogP contribution in [0.15, 0.2) is 30.3 Å². The predicted octanol–water partition coefficient (Wildman–Crippen LogP) is 3.71. The van der Waals surface area contributed by atoms with Gasteiger partial charge in [0.25, 0.3) is 0 Å². The van der Waals surface area contributed by atoms with Crippen molar-refractivity contribution in [3.63, 3.8) is 0 Å². The Morgan fingerprint density at radius 2 is 1.94 bits per heavy atom. The summed E-state index contributed by atoms with van der Waals surface area (Å²) in [5, 5.41) is 8.92. The van der Waals surface area contributed by atoms with Gasteiger partial charge in [0.05, 0.1) is 17.1 Å².